The molecule has 0 amide bonds. The van der Waals surface area contributed by atoms with E-state index in [-0.39, 0.29) is 21.9 Å². The molecule has 2 saturated carbocycles. The summed E-state index contributed by atoms with van der Waals surface area (Å²) in [5, 5.41) is 0. The van der Waals surface area contributed by atoms with Gasteiger partial charge < -0.3 is 0 Å². The van der Waals surface area contributed by atoms with Crippen molar-refractivity contribution in [1.29, 1.82) is 0 Å². The molecule has 1 N–H and O–H groups in total. The van der Waals surface area contributed by atoms with Crippen LogP contribution in [0.1, 0.15) is 26.7 Å². The molecule has 0 aromatic heterocycles. The zero-order valence-electron chi connectivity index (χ0n) is 9.23. The van der Waals surface area contributed by atoms with Gasteiger partial charge in [0, 0.05) is 0 Å². The standard InChI is InChI=1S/C10H15BrO4S/c1-9(2)6-3-4-10(9,5-16(13,14)15)8(12)7(6)11/h6-7H,3-5H2,1-2H3,(H,13,14,15)/t6?,7?,10-/m1/s1. The third kappa shape index (κ3) is 1.42. The normalized spacial score (nSPS) is 41.6. The highest BCUT2D eigenvalue weighted by Crippen LogP contribution is 2.65. The third-order valence-electron chi connectivity index (χ3n) is 4.55. The summed E-state index contributed by atoms with van der Waals surface area (Å²) in [6, 6.07) is 0. The fourth-order valence-electron chi connectivity index (χ4n) is 3.48. The van der Waals surface area contributed by atoms with Gasteiger partial charge in [-0.05, 0) is 24.2 Å². The Morgan fingerprint density at radius 1 is 1.50 bits per heavy atom. The fraction of sp³-hybridized carbons (Fsp3) is 0.900. The van der Waals surface area contributed by atoms with Crippen molar-refractivity contribution < 1.29 is 17.8 Å². The second-order valence-electron chi connectivity index (χ2n) is 5.44. The first-order chi connectivity index (χ1) is 7.12. The van der Waals surface area contributed by atoms with E-state index in [0.717, 1.165) is 6.42 Å². The number of Topliss-reactive ketones (excluding diaryl/α,β-unsaturated/α-hetero) is 1. The van der Waals surface area contributed by atoms with Gasteiger partial charge >= 0.3 is 0 Å². The predicted molar refractivity (Wildman–Crippen MR) is 63.1 cm³/mol. The zero-order chi connectivity index (χ0) is 12.4. The number of fused-ring (bicyclic) bond motifs is 2. The van der Waals surface area contributed by atoms with E-state index < -0.39 is 21.3 Å². The average Bonchev–Trinajstić information content (AvgIpc) is 2.39. The third-order valence-corrected chi connectivity index (χ3v) is 6.46. The number of halogens is 1. The van der Waals surface area contributed by atoms with Crippen molar-refractivity contribution in [2.45, 2.75) is 31.5 Å². The molecule has 92 valence electrons. The molecule has 2 rings (SSSR count). The van der Waals surface area contributed by atoms with Crippen molar-refractivity contribution in [3.8, 4) is 0 Å². The summed E-state index contributed by atoms with van der Waals surface area (Å²) in [5.41, 5.74) is -1.27. The Labute approximate surface area is 104 Å². The Kier molecular flexibility index (Phi) is 2.58. The second kappa shape index (κ2) is 3.29. The minimum Gasteiger partial charge on any atom is -0.298 e. The maximum atomic E-state index is 12.2. The highest BCUT2D eigenvalue weighted by molar-refractivity contribution is 9.10. The molecule has 0 radical (unpaired) electrons. The number of carbonyl (C=O) groups is 1. The van der Waals surface area contributed by atoms with Crippen molar-refractivity contribution in [2.75, 3.05) is 5.75 Å². The molecule has 0 aromatic rings. The van der Waals surface area contributed by atoms with Crippen molar-refractivity contribution in [1.82, 2.24) is 0 Å². The van der Waals surface area contributed by atoms with Crippen molar-refractivity contribution in [3.63, 3.8) is 0 Å². The molecule has 2 bridgehead atoms. The van der Waals surface area contributed by atoms with Crippen molar-refractivity contribution >= 4 is 31.8 Å². The molecule has 3 atom stereocenters. The van der Waals surface area contributed by atoms with Crippen LogP contribution in [0.2, 0.25) is 0 Å². The van der Waals surface area contributed by atoms with Gasteiger partial charge in [0.1, 0.15) is 0 Å². The predicted octanol–water partition coefficient (Wildman–Crippen LogP) is 1.64. The van der Waals surface area contributed by atoms with E-state index >= 15 is 0 Å². The van der Waals surface area contributed by atoms with Crippen LogP contribution >= 0.6 is 15.9 Å². The van der Waals surface area contributed by atoms with E-state index in [1.54, 1.807) is 0 Å². The summed E-state index contributed by atoms with van der Waals surface area (Å²) >= 11 is 3.35. The lowest BCUT2D eigenvalue weighted by Gasteiger charge is -2.35. The van der Waals surface area contributed by atoms with E-state index in [9.17, 15) is 13.2 Å². The molecule has 4 nitrogen and oxygen atoms in total. The molecule has 2 aliphatic rings. The van der Waals surface area contributed by atoms with Gasteiger partial charge in [0.05, 0.1) is 16.0 Å². The summed E-state index contributed by atoms with van der Waals surface area (Å²) in [5.74, 6) is -0.335. The van der Waals surface area contributed by atoms with Gasteiger partial charge in [-0.3, -0.25) is 9.35 Å². The molecule has 0 spiro atoms. The molecule has 0 heterocycles. The van der Waals surface area contributed by atoms with E-state index in [0.29, 0.717) is 6.42 Å². The van der Waals surface area contributed by atoms with Crippen LogP contribution in [-0.2, 0) is 14.9 Å². The average molecular weight is 311 g/mol. The number of rotatable bonds is 2. The summed E-state index contributed by atoms with van der Waals surface area (Å²) < 4.78 is 31.2. The van der Waals surface area contributed by atoms with Crippen molar-refractivity contribution in [3.05, 3.63) is 0 Å². The zero-order valence-corrected chi connectivity index (χ0v) is 11.6. The van der Waals surface area contributed by atoms with Gasteiger partial charge in [-0.25, -0.2) is 0 Å². The lowest BCUT2D eigenvalue weighted by Crippen LogP contribution is -2.43. The molecule has 0 aliphatic heterocycles. The second-order valence-corrected chi connectivity index (χ2v) is 7.88. The van der Waals surface area contributed by atoms with Gasteiger partial charge in [-0.2, -0.15) is 8.42 Å². The topological polar surface area (TPSA) is 71.4 Å². The Morgan fingerprint density at radius 2 is 2.06 bits per heavy atom. The van der Waals surface area contributed by atoms with Crippen LogP contribution in [0.25, 0.3) is 0 Å². The van der Waals surface area contributed by atoms with Crippen molar-refractivity contribution in [2.24, 2.45) is 16.7 Å². The lowest BCUT2D eigenvalue weighted by atomic mass is 9.70. The summed E-state index contributed by atoms with van der Waals surface area (Å²) in [4.78, 5) is 11.9. The van der Waals surface area contributed by atoms with E-state index in [2.05, 4.69) is 15.9 Å². The van der Waals surface area contributed by atoms with Crippen LogP contribution in [0.5, 0.6) is 0 Å². The molecule has 2 aliphatic carbocycles. The number of hydrogen-bond acceptors (Lipinski definition) is 3. The Hall–Kier alpha value is 0.0600. The first-order valence-electron chi connectivity index (χ1n) is 5.25. The van der Waals surface area contributed by atoms with Crippen LogP contribution in [0.4, 0.5) is 0 Å². The lowest BCUT2D eigenvalue weighted by molar-refractivity contribution is -0.127. The minimum absolute atomic E-state index is 0.0635. The van der Waals surface area contributed by atoms with Gasteiger partial charge in [-0.15, -0.1) is 0 Å². The highest BCUT2D eigenvalue weighted by atomic mass is 79.9. The number of hydrogen-bond donors (Lipinski definition) is 1. The van der Waals surface area contributed by atoms with Gasteiger partial charge in [0.15, 0.2) is 5.78 Å². The first kappa shape index (κ1) is 12.5. The summed E-state index contributed by atoms with van der Waals surface area (Å²) in [6.45, 7) is 3.85. The fourth-order valence-corrected chi connectivity index (χ4v) is 6.12. The number of carbonyl (C=O) groups excluding carboxylic acids is 1. The molecule has 6 heteroatoms. The molecule has 16 heavy (non-hydrogen) atoms. The maximum Gasteiger partial charge on any atom is 0.265 e. The highest BCUT2D eigenvalue weighted by Gasteiger charge is 2.69. The molecular formula is C10H15BrO4S. The summed E-state index contributed by atoms with van der Waals surface area (Å²) in [6.07, 6.45) is 1.40. The van der Waals surface area contributed by atoms with Crippen LogP contribution < -0.4 is 0 Å². The Bertz CT molecular complexity index is 442. The SMILES string of the molecule is CC1(C)C2CC[C@@]1(CS(=O)(=O)O)C(=O)C2Br. The molecule has 2 fully saturated rings. The van der Waals surface area contributed by atoms with Gasteiger partial charge in [0.2, 0.25) is 0 Å². The smallest absolute Gasteiger partial charge is 0.265 e. The van der Waals surface area contributed by atoms with E-state index in [4.69, 9.17) is 4.55 Å². The van der Waals surface area contributed by atoms with Gasteiger partial charge in [-0.1, -0.05) is 29.8 Å². The monoisotopic (exact) mass is 310 g/mol. The number of ketones is 1. The number of alkyl halides is 1. The Morgan fingerprint density at radius 3 is 2.44 bits per heavy atom. The molecule has 0 saturated heterocycles. The quantitative estimate of drug-likeness (QED) is 0.622. The van der Waals surface area contributed by atoms with Crippen LogP contribution in [0.3, 0.4) is 0 Å². The van der Waals surface area contributed by atoms with Crippen LogP contribution in [0, 0.1) is 16.7 Å². The van der Waals surface area contributed by atoms with Crippen LogP contribution in [-0.4, -0.2) is 29.3 Å². The van der Waals surface area contributed by atoms with Crippen LogP contribution in [0.15, 0.2) is 0 Å². The largest absolute Gasteiger partial charge is 0.298 e. The molecule has 2 unspecified atom stereocenters. The molecule has 0 aromatic carbocycles. The van der Waals surface area contributed by atoms with E-state index in [1.165, 1.54) is 0 Å². The minimum atomic E-state index is -4.12. The van der Waals surface area contributed by atoms with E-state index in [1.807, 2.05) is 13.8 Å². The maximum absolute atomic E-state index is 12.2. The first-order valence-corrected chi connectivity index (χ1v) is 7.78. The van der Waals surface area contributed by atoms with Gasteiger partial charge in [0.25, 0.3) is 10.1 Å². The summed E-state index contributed by atoms with van der Waals surface area (Å²) in [7, 11) is -4.12. The Balaban J connectivity index is 2.50. The molecular weight excluding hydrogens is 296 g/mol.